The number of aliphatic hydroxyl groups is 3. The van der Waals surface area contributed by atoms with E-state index in [1.807, 2.05) is 6.07 Å². The van der Waals surface area contributed by atoms with Gasteiger partial charge in [-0.3, -0.25) is 4.79 Å². The van der Waals surface area contributed by atoms with E-state index in [2.05, 4.69) is 30.1 Å². The molecule has 0 radical (unpaired) electrons. The Morgan fingerprint density at radius 2 is 1.20 bits per heavy atom. The molecule has 3 saturated carbocycles. The highest BCUT2D eigenvalue weighted by Gasteiger charge is 2.53. The van der Waals surface area contributed by atoms with Crippen molar-refractivity contribution in [2.45, 2.75) is 127 Å². The van der Waals surface area contributed by atoms with Gasteiger partial charge in [-0.15, -0.1) is 0 Å². The predicted octanol–water partition coefficient (Wildman–Crippen LogP) is 6.40. The second-order valence-corrected chi connectivity index (χ2v) is 17.6. The number of amides is 1. The predicted molar refractivity (Wildman–Crippen MR) is 227 cm³/mol. The number of nitrogens with one attached hydrogen (secondary N) is 1. The summed E-state index contributed by atoms with van der Waals surface area (Å²) in [4.78, 5) is 47.1. The Labute approximate surface area is 364 Å². The normalized spacial score (nSPS) is 20.6. The average molecular weight is 877 g/mol. The molecule has 15 nitrogen and oxygen atoms in total. The number of carboxylic acids is 1. The molecular weight excluding hydrogens is 825 g/mol. The van der Waals surface area contributed by atoms with Gasteiger partial charge >= 0.3 is 5.97 Å². The van der Waals surface area contributed by atoms with Gasteiger partial charge in [0.2, 0.25) is 23.7 Å². The lowest BCUT2D eigenvalue weighted by molar-refractivity contribution is 0.0689. The molecule has 2 saturated heterocycles. The van der Waals surface area contributed by atoms with Crippen LogP contribution < -0.4 is 24.6 Å². The molecule has 5 N–H and O–H groups in total. The molecule has 17 heteroatoms. The molecule has 5 aliphatic rings. The summed E-state index contributed by atoms with van der Waals surface area (Å²) in [6, 6.07) is 10.6. The molecule has 3 aliphatic carbocycles. The molecule has 0 atom stereocenters. The Morgan fingerprint density at radius 3 is 1.64 bits per heavy atom. The van der Waals surface area contributed by atoms with Crippen LogP contribution in [0.15, 0.2) is 48.8 Å². The Kier molecular flexibility index (Phi) is 12.8. The topological polar surface area (TPSA) is 204 Å². The van der Waals surface area contributed by atoms with Crippen LogP contribution in [0.1, 0.15) is 120 Å². The third-order valence-electron chi connectivity index (χ3n) is 12.6. The zero-order valence-electron chi connectivity index (χ0n) is 33.9. The van der Waals surface area contributed by atoms with Crippen molar-refractivity contribution in [2.24, 2.45) is 0 Å². The minimum atomic E-state index is -1.13. The Hall–Kier alpha value is -4.80. The lowest BCUT2D eigenvalue weighted by Gasteiger charge is -2.27. The summed E-state index contributed by atoms with van der Waals surface area (Å²) in [6.07, 6.45) is 14.5. The molecule has 9 rings (SSSR count). The van der Waals surface area contributed by atoms with E-state index in [0.29, 0.717) is 51.5 Å². The number of carbonyl (C=O) groups is 2. The molecule has 0 unspecified atom stereocenters. The molecule has 1 amide bonds. The number of aliphatic hydroxyl groups excluding tert-OH is 3. The van der Waals surface area contributed by atoms with Crippen LogP contribution >= 0.6 is 23.2 Å². The second-order valence-electron chi connectivity index (χ2n) is 16.8. The quantitative estimate of drug-likeness (QED) is 0.0987. The number of carbonyl (C=O) groups excluding carboxylic acids is 1. The van der Waals surface area contributed by atoms with E-state index >= 15 is 0 Å². The Bertz CT molecular complexity index is 2250. The highest BCUT2D eigenvalue weighted by molar-refractivity contribution is 6.31. The van der Waals surface area contributed by atoms with E-state index in [9.17, 15) is 30.0 Å². The van der Waals surface area contributed by atoms with E-state index in [4.69, 9.17) is 37.7 Å². The number of anilines is 2. The summed E-state index contributed by atoms with van der Waals surface area (Å²) < 4.78 is 11.8. The summed E-state index contributed by atoms with van der Waals surface area (Å²) in [5.74, 6) is 0.0440. The van der Waals surface area contributed by atoms with E-state index in [-0.39, 0.29) is 72.9 Å². The third kappa shape index (κ3) is 9.66. The van der Waals surface area contributed by atoms with Gasteiger partial charge in [-0.1, -0.05) is 47.5 Å². The molecule has 5 fully saturated rings. The first kappa shape index (κ1) is 42.9. The fourth-order valence-corrected chi connectivity index (χ4v) is 9.26. The number of rotatable bonds is 13. The molecule has 2 aliphatic heterocycles. The Balaban J connectivity index is 0.000000173. The fourth-order valence-electron chi connectivity index (χ4n) is 8.73. The smallest absolute Gasteiger partial charge is 0.342 e. The number of nitrogens with zero attached hydrogens (tertiary/aromatic N) is 6. The number of halogens is 2. The monoisotopic (exact) mass is 875 g/mol. The number of benzene rings is 2. The van der Waals surface area contributed by atoms with Crippen molar-refractivity contribution >= 4 is 47.0 Å². The third-order valence-corrected chi connectivity index (χ3v) is 13.3. The van der Waals surface area contributed by atoms with Crippen molar-refractivity contribution in [3.63, 3.8) is 0 Å². The largest absolute Gasteiger partial charge is 0.477 e. The van der Waals surface area contributed by atoms with Gasteiger partial charge in [0.1, 0.15) is 24.3 Å². The molecule has 4 aromatic rings. The second kappa shape index (κ2) is 18.3. The molecule has 2 aromatic heterocycles. The first-order chi connectivity index (χ1) is 29.5. The number of carboxylic acid groups (broad SMARTS) is 1. The van der Waals surface area contributed by atoms with Crippen LogP contribution in [-0.2, 0) is 26.4 Å². The van der Waals surface area contributed by atoms with Gasteiger partial charge in [-0.2, -0.15) is 9.97 Å². The van der Waals surface area contributed by atoms with Crippen molar-refractivity contribution in [1.82, 2.24) is 25.3 Å². The van der Waals surface area contributed by atoms with Gasteiger partial charge in [0.25, 0.3) is 5.91 Å². The van der Waals surface area contributed by atoms with Gasteiger partial charge in [-0.05, 0) is 111 Å². The van der Waals surface area contributed by atoms with Crippen molar-refractivity contribution in [2.75, 3.05) is 22.9 Å². The van der Waals surface area contributed by atoms with Crippen LogP contribution in [-0.4, -0.2) is 88.6 Å². The first-order valence-electron chi connectivity index (χ1n) is 21.0. The van der Waals surface area contributed by atoms with Crippen molar-refractivity contribution < 1.29 is 39.5 Å². The van der Waals surface area contributed by atoms with Crippen molar-refractivity contribution in [3.05, 3.63) is 92.2 Å². The van der Waals surface area contributed by atoms with E-state index in [1.165, 1.54) is 6.20 Å². The van der Waals surface area contributed by atoms with Gasteiger partial charge in [0.05, 0.1) is 25.5 Å². The van der Waals surface area contributed by atoms with Crippen LogP contribution in [0.25, 0.3) is 0 Å². The summed E-state index contributed by atoms with van der Waals surface area (Å²) in [5, 5.41) is 41.7. The SMILES string of the molecule is O=C(NC1CCC(O)CC1)c1cnc(N2CCCC23CC3)nc1OCc1ccc(CO)c(Cl)c1.O=C(O)c1cnc(N2CCCC23CC3)nc1OCc1ccc(CO)c(Cl)c1. The Morgan fingerprint density at radius 1 is 0.721 bits per heavy atom. The van der Waals surface area contributed by atoms with Gasteiger partial charge in [0.15, 0.2) is 0 Å². The first-order valence-corrected chi connectivity index (χ1v) is 21.8. The van der Waals surface area contributed by atoms with Crippen molar-refractivity contribution in [1.29, 1.82) is 0 Å². The highest BCUT2D eigenvalue weighted by atomic mass is 35.5. The molecule has 0 bridgehead atoms. The van der Waals surface area contributed by atoms with Crippen LogP contribution in [0.2, 0.25) is 10.0 Å². The summed E-state index contributed by atoms with van der Waals surface area (Å²) in [7, 11) is 0. The van der Waals surface area contributed by atoms with Gasteiger partial charge in [-0.25, -0.2) is 14.8 Å². The van der Waals surface area contributed by atoms with Gasteiger partial charge < -0.3 is 45.0 Å². The fraction of sp³-hybridized carbons (Fsp3) is 0.500. The molecule has 324 valence electrons. The molecule has 4 heterocycles. The summed E-state index contributed by atoms with van der Waals surface area (Å²) in [5.41, 5.74) is 3.42. The lowest BCUT2D eigenvalue weighted by atomic mass is 9.93. The van der Waals surface area contributed by atoms with Crippen LogP contribution in [0, 0.1) is 0 Å². The molecular formula is C44H51Cl2N7O8. The highest BCUT2D eigenvalue weighted by Crippen LogP contribution is 2.51. The van der Waals surface area contributed by atoms with Crippen LogP contribution in [0.3, 0.4) is 0 Å². The minimum Gasteiger partial charge on any atom is -0.477 e. The zero-order chi connectivity index (χ0) is 42.7. The van der Waals surface area contributed by atoms with Crippen molar-refractivity contribution in [3.8, 4) is 11.8 Å². The van der Waals surface area contributed by atoms with E-state index < -0.39 is 5.97 Å². The number of aromatic nitrogens is 4. The average Bonchev–Trinajstić information content (AvgIpc) is 4.13. The summed E-state index contributed by atoms with van der Waals surface area (Å²) in [6.45, 7) is 1.82. The zero-order valence-corrected chi connectivity index (χ0v) is 35.4. The number of hydrogen-bond donors (Lipinski definition) is 5. The molecule has 2 aromatic carbocycles. The maximum Gasteiger partial charge on any atom is 0.342 e. The maximum absolute atomic E-state index is 13.1. The number of ether oxygens (including phenoxy) is 2. The van der Waals surface area contributed by atoms with Crippen LogP contribution in [0.5, 0.6) is 11.8 Å². The minimum absolute atomic E-state index is 0.0153. The lowest BCUT2D eigenvalue weighted by Crippen LogP contribution is -2.39. The van der Waals surface area contributed by atoms with Crippen LogP contribution in [0.4, 0.5) is 11.9 Å². The number of hydrogen-bond acceptors (Lipinski definition) is 13. The maximum atomic E-state index is 13.1. The summed E-state index contributed by atoms with van der Waals surface area (Å²) >= 11 is 12.3. The molecule has 61 heavy (non-hydrogen) atoms. The van der Waals surface area contributed by atoms with E-state index in [1.54, 1.807) is 36.5 Å². The standard InChI is InChI=1S/C25H31ClN4O4.C19H20ClN3O4/c26-21-12-16(2-3-17(21)14-31)15-34-23-20(22(33)28-18-4-6-19(32)7-5-18)13-27-24(29-23)30-11-1-8-25(30)9-10-25;20-15-8-12(2-3-13(15)10-24)11-27-16-14(17(25)26)9-21-18(22-16)23-7-1-4-19(23)5-6-19/h2-3,12-13,18-19,31-32H,1,4-11,14-15H2,(H,28,33);2-3,8-9,24H,1,4-7,10-11H2,(H,25,26). The van der Waals surface area contributed by atoms with E-state index in [0.717, 1.165) is 88.4 Å². The molecule has 2 spiro atoms. The van der Waals surface area contributed by atoms with Gasteiger partial charge in [0, 0.05) is 46.5 Å². The number of aromatic carboxylic acids is 1.